The third-order valence-corrected chi connectivity index (χ3v) is 3.69. The molecule has 0 aliphatic heterocycles. The molecule has 134 valence electrons. The minimum atomic E-state index is -0.249. The first-order valence-corrected chi connectivity index (χ1v) is 7.95. The van der Waals surface area contributed by atoms with Gasteiger partial charge in [0.25, 0.3) is 5.91 Å². The van der Waals surface area contributed by atoms with Crippen molar-refractivity contribution in [1.29, 1.82) is 0 Å². The van der Waals surface area contributed by atoms with Crippen LogP contribution in [-0.4, -0.2) is 25.1 Å². The number of pyridine rings is 1. The maximum Gasteiger partial charge on any atom is 0.255 e. The van der Waals surface area contributed by atoms with E-state index in [0.29, 0.717) is 35.1 Å². The van der Waals surface area contributed by atoms with Crippen molar-refractivity contribution in [3.05, 3.63) is 66.2 Å². The van der Waals surface area contributed by atoms with Gasteiger partial charge in [-0.15, -0.1) is 0 Å². The number of nitrogens with one attached hydrogen (secondary N) is 2. The Morgan fingerprint density at radius 1 is 1.12 bits per heavy atom. The SMILES string of the molecule is COc1ccc(NC(=O)c2ccnc(NCc3ccco3)c2)cc1OC. The number of nitrogens with zero attached hydrogens (tertiary/aromatic N) is 1. The lowest BCUT2D eigenvalue weighted by molar-refractivity contribution is 0.102. The monoisotopic (exact) mass is 353 g/mol. The number of carbonyl (C=O) groups excluding carboxylic acids is 1. The third-order valence-electron chi connectivity index (χ3n) is 3.69. The van der Waals surface area contributed by atoms with E-state index < -0.39 is 0 Å². The van der Waals surface area contributed by atoms with Crippen LogP contribution >= 0.6 is 0 Å². The van der Waals surface area contributed by atoms with Crippen molar-refractivity contribution in [1.82, 2.24) is 4.98 Å². The van der Waals surface area contributed by atoms with Gasteiger partial charge in [0.15, 0.2) is 11.5 Å². The summed E-state index contributed by atoms with van der Waals surface area (Å²) in [4.78, 5) is 16.7. The molecule has 0 aliphatic carbocycles. The van der Waals surface area contributed by atoms with Crippen molar-refractivity contribution < 1.29 is 18.7 Å². The first-order valence-electron chi connectivity index (χ1n) is 7.95. The van der Waals surface area contributed by atoms with Gasteiger partial charge in [-0.25, -0.2) is 4.98 Å². The van der Waals surface area contributed by atoms with E-state index in [1.807, 2.05) is 12.1 Å². The first-order chi connectivity index (χ1) is 12.7. The second-order valence-corrected chi connectivity index (χ2v) is 5.39. The Bertz CT molecular complexity index is 878. The Balaban J connectivity index is 1.68. The molecule has 0 bridgehead atoms. The molecule has 0 aliphatic rings. The molecule has 26 heavy (non-hydrogen) atoms. The first kappa shape index (κ1) is 17.3. The lowest BCUT2D eigenvalue weighted by Gasteiger charge is -2.11. The van der Waals surface area contributed by atoms with E-state index >= 15 is 0 Å². The van der Waals surface area contributed by atoms with Crippen LogP contribution in [0.4, 0.5) is 11.5 Å². The van der Waals surface area contributed by atoms with E-state index in [0.717, 1.165) is 5.76 Å². The van der Waals surface area contributed by atoms with Gasteiger partial charge >= 0.3 is 0 Å². The topological polar surface area (TPSA) is 85.6 Å². The van der Waals surface area contributed by atoms with Crippen LogP contribution < -0.4 is 20.1 Å². The Morgan fingerprint density at radius 2 is 1.96 bits per heavy atom. The predicted molar refractivity (Wildman–Crippen MR) is 97.8 cm³/mol. The highest BCUT2D eigenvalue weighted by atomic mass is 16.5. The summed E-state index contributed by atoms with van der Waals surface area (Å²) < 4.78 is 15.7. The van der Waals surface area contributed by atoms with Gasteiger partial charge in [0, 0.05) is 23.5 Å². The zero-order valence-corrected chi connectivity index (χ0v) is 14.5. The van der Waals surface area contributed by atoms with E-state index in [-0.39, 0.29) is 5.91 Å². The Morgan fingerprint density at radius 3 is 2.69 bits per heavy atom. The minimum absolute atomic E-state index is 0.249. The maximum atomic E-state index is 12.5. The summed E-state index contributed by atoms with van der Waals surface area (Å²) in [5, 5.41) is 5.95. The normalized spacial score (nSPS) is 10.2. The highest BCUT2D eigenvalue weighted by Crippen LogP contribution is 2.29. The van der Waals surface area contributed by atoms with Crippen molar-refractivity contribution in [2.45, 2.75) is 6.54 Å². The summed E-state index contributed by atoms with van der Waals surface area (Å²) in [6.45, 7) is 0.487. The number of methoxy groups -OCH3 is 2. The van der Waals surface area contributed by atoms with Crippen LogP contribution in [0, 0.1) is 0 Å². The van der Waals surface area contributed by atoms with Crippen molar-refractivity contribution >= 4 is 17.4 Å². The maximum absolute atomic E-state index is 12.5. The molecule has 1 aromatic carbocycles. The number of amides is 1. The zero-order valence-electron chi connectivity index (χ0n) is 14.5. The number of aromatic nitrogens is 1. The smallest absolute Gasteiger partial charge is 0.255 e. The number of rotatable bonds is 7. The molecule has 0 fully saturated rings. The quantitative estimate of drug-likeness (QED) is 0.675. The number of hydrogen-bond acceptors (Lipinski definition) is 6. The van der Waals surface area contributed by atoms with Gasteiger partial charge in [-0.3, -0.25) is 4.79 Å². The van der Waals surface area contributed by atoms with E-state index in [4.69, 9.17) is 13.9 Å². The number of hydrogen-bond donors (Lipinski definition) is 2. The van der Waals surface area contributed by atoms with Crippen molar-refractivity contribution in [3.8, 4) is 11.5 Å². The van der Waals surface area contributed by atoms with E-state index in [9.17, 15) is 4.79 Å². The number of carbonyl (C=O) groups is 1. The highest BCUT2D eigenvalue weighted by Gasteiger charge is 2.10. The molecule has 2 N–H and O–H groups in total. The van der Waals surface area contributed by atoms with Gasteiger partial charge in [0.1, 0.15) is 11.6 Å². The molecule has 7 nitrogen and oxygen atoms in total. The standard InChI is InChI=1S/C19H19N3O4/c1-24-16-6-5-14(11-17(16)25-2)22-19(23)13-7-8-20-18(10-13)21-12-15-4-3-9-26-15/h3-11H,12H2,1-2H3,(H,20,21)(H,22,23). The second kappa shape index (κ2) is 8.06. The molecule has 3 aromatic rings. The van der Waals surface area contributed by atoms with Gasteiger partial charge in [0.05, 0.1) is 27.0 Å². The fourth-order valence-corrected chi connectivity index (χ4v) is 2.38. The molecule has 0 saturated heterocycles. The van der Waals surface area contributed by atoms with Crippen molar-refractivity contribution in [2.24, 2.45) is 0 Å². The summed E-state index contributed by atoms with van der Waals surface area (Å²) in [7, 11) is 3.10. The molecular formula is C19H19N3O4. The summed E-state index contributed by atoms with van der Waals surface area (Å²) in [5.41, 5.74) is 1.09. The van der Waals surface area contributed by atoms with Gasteiger partial charge < -0.3 is 24.5 Å². The average Bonchev–Trinajstić information content (AvgIpc) is 3.20. The van der Waals surface area contributed by atoms with Crippen LogP contribution in [0.25, 0.3) is 0 Å². The third kappa shape index (κ3) is 4.13. The molecule has 2 aromatic heterocycles. The number of ether oxygens (including phenoxy) is 2. The molecule has 3 rings (SSSR count). The molecule has 1 amide bonds. The van der Waals surface area contributed by atoms with Crippen LogP contribution in [0.2, 0.25) is 0 Å². The fraction of sp³-hybridized carbons (Fsp3) is 0.158. The predicted octanol–water partition coefficient (Wildman–Crippen LogP) is 3.56. The minimum Gasteiger partial charge on any atom is -0.493 e. The Labute approximate surface area is 151 Å². The Hall–Kier alpha value is -3.48. The van der Waals surface area contributed by atoms with Gasteiger partial charge in [0.2, 0.25) is 0 Å². The summed E-state index contributed by atoms with van der Waals surface area (Å²) in [5.74, 6) is 2.26. The largest absolute Gasteiger partial charge is 0.493 e. The number of furan rings is 1. The highest BCUT2D eigenvalue weighted by molar-refractivity contribution is 6.04. The van der Waals surface area contributed by atoms with Gasteiger partial charge in [-0.2, -0.15) is 0 Å². The summed E-state index contributed by atoms with van der Waals surface area (Å²) in [6.07, 6.45) is 3.19. The molecule has 0 radical (unpaired) electrons. The molecule has 0 atom stereocenters. The average molecular weight is 353 g/mol. The summed E-state index contributed by atoms with van der Waals surface area (Å²) in [6, 6.07) is 12.2. The fourth-order valence-electron chi connectivity index (χ4n) is 2.38. The van der Waals surface area contributed by atoms with Crippen LogP contribution in [0.15, 0.2) is 59.3 Å². The lowest BCUT2D eigenvalue weighted by Crippen LogP contribution is -2.13. The van der Waals surface area contributed by atoms with Crippen LogP contribution in [0.3, 0.4) is 0 Å². The number of benzene rings is 1. The van der Waals surface area contributed by atoms with Crippen LogP contribution in [-0.2, 0) is 6.54 Å². The second-order valence-electron chi connectivity index (χ2n) is 5.39. The molecule has 2 heterocycles. The van der Waals surface area contributed by atoms with Crippen LogP contribution in [0.5, 0.6) is 11.5 Å². The Kier molecular flexibility index (Phi) is 5.38. The van der Waals surface area contributed by atoms with E-state index in [1.54, 1.807) is 57.0 Å². The zero-order chi connectivity index (χ0) is 18.4. The molecule has 0 saturated carbocycles. The van der Waals surface area contributed by atoms with Crippen molar-refractivity contribution in [2.75, 3.05) is 24.9 Å². The van der Waals surface area contributed by atoms with E-state index in [1.165, 1.54) is 0 Å². The molecule has 0 unspecified atom stereocenters. The number of anilines is 2. The molecular weight excluding hydrogens is 334 g/mol. The van der Waals surface area contributed by atoms with Gasteiger partial charge in [-0.1, -0.05) is 0 Å². The van der Waals surface area contributed by atoms with Gasteiger partial charge in [-0.05, 0) is 36.4 Å². The van der Waals surface area contributed by atoms with Crippen LogP contribution in [0.1, 0.15) is 16.1 Å². The summed E-state index contributed by atoms with van der Waals surface area (Å²) >= 11 is 0. The molecule has 0 spiro atoms. The lowest BCUT2D eigenvalue weighted by atomic mass is 10.2. The van der Waals surface area contributed by atoms with E-state index in [2.05, 4.69) is 15.6 Å². The van der Waals surface area contributed by atoms with Crippen molar-refractivity contribution in [3.63, 3.8) is 0 Å². The molecule has 7 heteroatoms.